The Morgan fingerprint density at radius 3 is 1.31 bits per heavy atom. The topological polar surface area (TPSA) is 149 Å². The highest BCUT2D eigenvalue weighted by Crippen LogP contribution is 2.23. The molecule has 0 radical (unpaired) electrons. The molecule has 62 heavy (non-hydrogen) atoms. The molecule has 0 aromatic heterocycles. The number of carbonyl (C=O) groups excluding carboxylic acids is 1. The highest BCUT2D eigenvalue weighted by atomic mass is 16.7. The number of nitrogens with one attached hydrogen (secondary N) is 1. The SMILES string of the molecule is CCCCCCCCC/C=C\CCCCCCCCCC(=O)NC(COC1OC(CO)C(O)C(O)C1O)C(O)CCCCCCCCCCCCCCCCCCCCCCC. The largest absolute Gasteiger partial charge is 0.394 e. The molecule has 1 heterocycles. The summed E-state index contributed by atoms with van der Waals surface area (Å²) in [7, 11) is 0. The quantitative estimate of drug-likeness (QED) is 0.0261. The Morgan fingerprint density at radius 1 is 0.532 bits per heavy atom. The van der Waals surface area contributed by atoms with Crippen LogP contribution in [-0.2, 0) is 14.3 Å². The van der Waals surface area contributed by atoms with E-state index in [1.807, 2.05) is 0 Å². The van der Waals surface area contributed by atoms with E-state index in [0.29, 0.717) is 12.8 Å². The summed E-state index contributed by atoms with van der Waals surface area (Å²) in [5.74, 6) is -0.145. The molecule has 1 amide bonds. The predicted molar refractivity (Wildman–Crippen MR) is 258 cm³/mol. The molecule has 0 spiro atoms. The van der Waals surface area contributed by atoms with Gasteiger partial charge in [-0.1, -0.05) is 231 Å². The molecule has 0 aliphatic carbocycles. The van der Waals surface area contributed by atoms with Gasteiger partial charge in [0.1, 0.15) is 24.4 Å². The van der Waals surface area contributed by atoms with Crippen molar-refractivity contribution in [1.29, 1.82) is 0 Å². The van der Waals surface area contributed by atoms with Crippen molar-refractivity contribution in [3.05, 3.63) is 12.2 Å². The van der Waals surface area contributed by atoms with Gasteiger partial charge in [-0.25, -0.2) is 0 Å². The number of aliphatic hydroxyl groups excluding tert-OH is 5. The van der Waals surface area contributed by atoms with Crippen molar-refractivity contribution in [2.24, 2.45) is 0 Å². The van der Waals surface area contributed by atoms with Gasteiger partial charge in [0.2, 0.25) is 5.91 Å². The van der Waals surface area contributed by atoms with Crippen LogP contribution in [0, 0.1) is 0 Å². The first-order valence-corrected chi connectivity index (χ1v) is 26.9. The second-order valence-corrected chi connectivity index (χ2v) is 19.0. The molecule has 1 rings (SSSR count). The molecule has 0 aromatic carbocycles. The van der Waals surface area contributed by atoms with E-state index in [0.717, 1.165) is 38.5 Å². The normalized spacial score (nSPS) is 20.3. The van der Waals surface area contributed by atoms with E-state index in [-0.39, 0.29) is 12.5 Å². The minimum atomic E-state index is -1.55. The van der Waals surface area contributed by atoms with E-state index in [2.05, 4.69) is 31.3 Å². The lowest BCUT2D eigenvalue weighted by atomic mass is 9.99. The summed E-state index contributed by atoms with van der Waals surface area (Å²) >= 11 is 0. The Kier molecular flexibility index (Phi) is 41.6. The molecule has 0 bridgehead atoms. The van der Waals surface area contributed by atoms with E-state index in [9.17, 15) is 30.3 Å². The number of amides is 1. The molecule has 0 saturated carbocycles. The van der Waals surface area contributed by atoms with Crippen LogP contribution in [0.3, 0.4) is 0 Å². The summed E-state index contributed by atoms with van der Waals surface area (Å²) in [6.07, 6.45) is 45.1. The first kappa shape index (κ1) is 58.9. The van der Waals surface area contributed by atoms with Crippen LogP contribution in [0.5, 0.6) is 0 Å². The number of hydrogen-bond donors (Lipinski definition) is 6. The van der Waals surface area contributed by atoms with Crippen LogP contribution in [0.25, 0.3) is 0 Å². The standard InChI is InChI=1S/C53H103NO8/c1-3-5-7-9-11-13-15-17-19-21-23-24-25-26-28-30-32-34-36-38-40-42-47(56)46(45-61-53-52(60)51(59)50(58)48(44-55)62-53)54-49(57)43-41-39-37-35-33-31-29-27-22-20-18-16-14-12-10-8-6-4-2/h20,22,46-48,50-53,55-56,58-60H,3-19,21,23-45H2,1-2H3,(H,54,57)/b22-20-. The van der Waals surface area contributed by atoms with Crippen molar-refractivity contribution >= 4 is 5.91 Å². The van der Waals surface area contributed by atoms with E-state index in [1.54, 1.807) is 0 Å². The monoisotopic (exact) mass is 882 g/mol. The van der Waals surface area contributed by atoms with Gasteiger partial charge in [-0.2, -0.15) is 0 Å². The zero-order chi connectivity index (χ0) is 45.1. The van der Waals surface area contributed by atoms with Gasteiger partial charge in [-0.15, -0.1) is 0 Å². The van der Waals surface area contributed by atoms with Gasteiger partial charge < -0.3 is 40.3 Å². The maximum Gasteiger partial charge on any atom is 0.220 e. The van der Waals surface area contributed by atoms with Gasteiger partial charge in [-0.3, -0.25) is 4.79 Å². The van der Waals surface area contributed by atoms with Crippen molar-refractivity contribution in [2.75, 3.05) is 13.2 Å². The summed E-state index contributed by atoms with van der Waals surface area (Å²) in [5.41, 5.74) is 0. The Labute approximate surface area is 382 Å². The molecule has 6 N–H and O–H groups in total. The van der Waals surface area contributed by atoms with E-state index in [1.165, 1.54) is 199 Å². The zero-order valence-electron chi connectivity index (χ0n) is 40.6. The maximum atomic E-state index is 13.0. The van der Waals surface area contributed by atoms with Crippen LogP contribution in [-0.4, -0.2) is 87.5 Å². The highest BCUT2D eigenvalue weighted by molar-refractivity contribution is 5.76. The second-order valence-electron chi connectivity index (χ2n) is 19.0. The van der Waals surface area contributed by atoms with Crippen molar-refractivity contribution in [1.82, 2.24) is 5.32 Å². The van der Waals surface area contributed by atoms with Crippen LogP contribution in [0.15, 0.2) is 12.2 Å². The number of hydrogen-bond acceptors (Lipinski definition) is 8. The van der Waals surface area contributed by atoms with Gasteiger partial charge in [0, 0.05) is 6.42 Å². The van der Waals surface area contributed by atoms with Gasteiger partial charge in [0.15, 0.2) is 6.29 Å². The third-order valence-corrected chi connectivity index (χ3v) is 13.1. The Balaban J connectivity index is 2.24. The summed E-state index contributed by atoms with van der Waals surface area (Å²) in [4.78, 5) is 13.0. The lowest BCUT2D eigenvalue weighted by Crippen LogP contribution is -2.60. The molecule has 1 aliphatic rings. The minimum Gasteiger partial charge on any atom is -0.394 e. The van der Waals surface area contributed by atoms with Crippen LogP contribution in [0.2, 0.25) is 0 Å². The molecule has 9 heteroatoms. The molecule has 0 aromatic rings. The Bertz CT molecular complexity index is 981. The fourth-order valence-electron chi connectivity index (χ4n) is 8.80. The van der Waals surface area contributed by atoms with Gasteiger partial charge in [-0.05, 0) is 38.5 Å². The first-order valence-electron chi connectivity index (χ1n) is 26.9. The fourth-order valence-corrected chi connectivity index (χ4v) is 8.80. The lowest BCUT2D eigenvalue weighted by molar-refractivity contribution is -0.302. The zero-order valence-corrected chi connectivity index (χ0v) is 40.6. The molecule has 7 unspecified atom stereocenters. The molecule has 7 atom stereocenters. The van der Waals surface area contributed by atoms with E-state index < -0.39 is 49.5 Å². The van der Waals surface area contributed by atoms with Gasteiger partial charge in [0.25, 0.3) is 0 Å². The van der Waals surface area contributed by atoms with Crippen molar-refractivity contribution in [3.8, 4) is 0 Å². The number of allylic oxidation sites excluding steroid dienone is 2. The van der Waals surface area contributed by atoms with Crippen LogP contribution >= 0.6 is 0 Å². The lowest BCUT2D eigenvalue weighted by Gasteiger charge is -2.40. The van der Waals surface area contributed by atoms with Crippen molar-refractivity contribution < 1.29 is 39.8 Å². The average molecular weight is 882 g/mol. The first-order chi connectivity index (χ1) is 30.3. The van der Waals surface area contributed by atoms with Crippen molar-refractivity contribution in [3.63, 3.8) is 0 Å². The van der Waals surface area contributed by atoms with E-state index in [4.69, 9.17) is 9.47 Å². The number of carbonyl (C=O) groups is 1. The molecular formula is C53H103NO8. The summed E-state index contributed by atoms with van der Waals surface area (Å²) in [6.45, 7) is 3.86. The maximum absolute atomic E-state index is 13.0. The fraction of sp³-hybridized carbons (Fsp3) is 0.943. The Hall–Kier alpha value is -1.07. The van der Waals surface area contributed by atoms with Crippen LogP contribution < -0.4 is 5.32 Å². The molecular weight excluding hydrogens is 779 g/mol. The number of aliphatic hydroxyl groups is 5. The van der Waals surface area contributed by atoms with Crippen molar-refractivity contribution in [2.45, 2.75) is 307 Å². The molecule has 1 fully saturated rings. The van der Waals surface area contributed by atoms with Crippen LogP contribution in [0.4, 0.5) is 0 Å². The summed E-state index contributed by atoms with van der Waals surface area (Å²) < 4.78 is 11.3. The molecule has 9 nitrogen and oxygen atoms in total. The second kappa shape index (κ2) is 43.8. The average Bonchev–Trinajstić information content (AvgIpc) is 3.27. The minimum absolute atomic E-state index is 0.136. The smallest absolute Gasteiger partial charge is 0.220 e. The number of rotatable bonds is 46. The molecule has 1 saturated heterocycles. The summed E-state index contributed by atoms with van der Waals surface area (Å²) in [6, 6.07) is -0.718. The van der Waals surface area contributed by atoms with Gasteiger partial charge in [0.05, 0.1) is 25.4 Å². The number of ether oxygens (including phenoxy) is 2. The molecule has 368 valence electrons. The summed E-state index contributed by atoms with van der Waals surface area (Å²) in [5, 5.41) is 54.6. The third kappa shape index (κ3) is 33.4. The number of unbranched alkanes of at least 4 members (excludes halogenated alkanes) is 34. The Morgan fingerprint density at radius 2 is 0.903 bits per heavy atom. The van der Waals surface area contributed by atoms with Crippen LogP contribution in [0.1, 0.15) is 264 Å². The molecule has 1 aliphatic heterocycles. The predicted octanol–water partition coefficient (Wildman–Crippen LogP) is 12.5. The van der Waals surface area contributed by atoms with E-state index >= 15 is 0 Å². The highest BCUT2D eigenvalue weighted by Gasteiger charge is 2.44. The van der Waals surface area contributed by atoms with Gasteiger partial charge >= 0.3 is 0 Å². The third-order valence-electron chi connectivity index (χ3n) is 13.1.